The minimum atomic E-state index is -0.634. The van der Waals surface area contributed by atoms with Gasteiger partial charge in [-0.3, -0.25) is 20.1 Å². The summed E-state index contributed by atoms with van der Waals surface area (Å²) in [5.41, 5.74) is 0.817. The van der Waals surface area contributed by atoms with Gasteiger partial charge in [0.25, 0.3) is 5.91 Å². The molecule has 0 unspecified atom stereocenters. The van der Waals surface area contributed by atoms with E-state index < -0.39 is 5.60 Å². The van der Waals surface area contributed by atoms with Gasteiger partial charge in [-0.2, -0.15) is 5.10 Å². The van der Waals surface area contributed by atoms with E-state index in [4.69, 9.17) is 10.1 Å². The zero-order valence-corrected chi connectivity index (χ0v) is 17.2. The number of allylic oxidation sites excluding steroid dienone is 1. The third kappa shape index (κ3) is 3.94. The molecule has 0 bridgehead atoms. The van der Waals surface area contributed by atoms with Crippen molar-refractivity contribution in [1.82, 2.24) is 20.4 Å². The van der Waals surface area contributed by atoms with E-state index in [1.165, 1.54) is 0 Å². The van der Waals surface area contributed by atoms with Crippen LogP contribution >= 0.6 is 0 Å². The van der Waals surface area contributed by atoms with Crippen molar-refractivity contribution >= 4 is 28.3 Å². The van der Waals surface area contributed by atoms with Crippen LogP contribution in [0.4, 0.5) is 0 Å². The Balaban J connectivity index is 1.42. The Morgan fingerprint density at radius 3 is 2.97 bits per heavy atom. The summed E-state index contributed by atoms with van der Waals surface area (Å²) in [5.74, 6) is 0.0855. The van der Waals surface area contributed by atoms with Gasteiger partial charge in [0.2, 0.25) is 0 Å². The number of nitrogens with zero attached hydrogens (tertiary/aromatic N) is 2. The Kier molecular flexibility index (Phi) is 5.57. The van der Waals surface area contributed by atoms with E-state index in [0.29, 0.717) is 37.3 Å². The lowest BCUT2D eigenvalue weighted by molar-refractivity contribution is -0.124. The summed E-state index contributed by atoms with van der Waals surface area (Å²) in [7, 11) is 0. The molecule has 2 saturated heterocycles. The highest BCUT2D eigenvalue weighted by molar-refractivity contribution is 6.45. The SMILES string of the molecule is CCCCN/C=C1/OC2(CCN(C(=O)c3ccc4[nH]ncc4c3)CC2)CC(=O)C1=N. The predicted octanol–water partition coefficient (Wildman–Crippen LogP) is 2.78. The van der Waals surface area contributed by atoms with Gasteiger partial charge in [0.05, 0.1) is 18.1 Å². The molecule has 1 spiro atoms. The van der Waals surface area contributed by atoms with Crippen molar-refractivity contribution in [2.45, 2.75) is 44.6 Å². The number of ketones is 1. The number of likely N-dealkylation sites (tertiary alicyclic amines) is 1. The standard InChI is InChI=1S/C22H27N5O3/c1-2-3-8-24-14-19-20(23)18(28)12-22(30-19)6-9-27(10-7-22)21(29)15-4-5-17-16(11-15)13-25-26-17/h4-5,11,13-14,23-24H,2-3,6-10,12H2,1H3,(H,25,26)/b19-14+,23-20?. The third-order valence-corrected chi connectivity index (χ3v) is 5.89. The number of benzene rings is 1. The normalized spacial score (nSPS) is 20.0. The number of fused-ring (bicyclic) bond motifs is 1. The van der Waals surface area contributed by atoms with E-state index >= 15 is 0 Å². The molecule has 2 fully saturated rings. The van der Waals surface area contributed by atoms with Gasteiger partial charge in [-0.25, -0.2) is 0 Å². The first-order valence-electron chi connectivity index (χ1n) is 10.5. The summed E-state index contributed by atoms with van der Waals surface area (Å²) in [6.45, 7) is 3.91. The van der Waals surface area contributed by atoms with Crippen molar-refractivity contribution in [3.63, 3.8) is 0 Å². The molecule has 2 aliphatic heterocycles. The number of rotatable bonds is 5. The molecular weight excluding hydrogens is 382 g/mol. The average Bonchev–Trinajstić information content (AvgIpc) is 3.22. The van der Waals surface area contributed by atoms with Crippen LogP contribution in [0.3, 0.4) is 0 Å². The number of Topliss-reactive ketones (excluding diaryl/α,β-unsaturated/α-hetero) is 1. The number of unbranched alkanes of at least 4 members (excludes halogenated alkanes) is 1. The second-order valence-electron chi connectivity index (χ2n) is 8.04. The molecule has 1 amide bonds. The Morgan fingerprint density at radius 1 is 1.40 bits per heavy atom. The minimum absolute atomic E-state index is 0.0279. The molecule has 30 heavy (non-hydrogen) atoms. The number of aromatic amines is 1. The number of carbonyl (C=O) groups is 2. The largest absolute Gasteiger partial charge is 0.483 e. The number of aromatic nitrogens is 2. The van der Waals surface area contributed by atoms with Gasteiger partial charge in [-0.15, -0.1) is 0 Å². The van der Waals surface area contributed by atoms with Crippen molar-refractivity contribution in [1.29, 1.82) is 5.41 Å². The molecule has 8 nitrogen and oxygen atoms in total. The number of hydrogen-bond acceptors (Lipinski definition) is 6. The van der Waals surface area contributed by atoms with E-state index in [1.54, 1.807) is 18.5 Å². The molecular formula is C22H27N5O3. The Morgan fingerprint density at radius 2 is 2.20 bits per heavy atom. The molecule has 0 saturated carbocycles. The van der Waals surface area contributed by atoms with Crippen molar-refractivity contribution in [3.05, 3.63) is 41.9 Å². The van der Waals surface area contributed by atoms with E-state index in [1.807, 2.05) is 17.0 Å². The van der Waals surface area contributed by atoms with Crippen LogP contribution < -0.4 is 5.32 Å². The first-order valence-corrected chi connectivity index (χ1v) is 10.5. The van der Waals surface area contributed by atoms with Gasteiger partial charge >= 0.3 is 0 Å². The molecule has 1 aromatic carbocycles. The number of hydrogen-bond donors (Lipinski definition) is 3. The summed E-state index contributed by atoms with van der Waals surface area (Å²) >= 11 is 0. The summed E-state index contributed by atoms with van der Waals surface area (Å²) in [4.78, 5) is 27.2. The van der Waals surface area contributed by atoms with E-state index in [0.717, 1.165) is 30.3 Å². The third-order valence-electron chi connectivity index (χ3n) is 5.89. The van der Waals surface area contributed by atoms with Gasteiger partial charge in [0.15, 0.2) is 11.5 Å². The van der Waals surface area contributed by atoms with Crippen LogP contribution in [0, 0.1) is 5.41 Å². The maximum Gasteiger partial charge on any atom is 0.253 e. The highest BCUT2D eigenvalue weighted by Gasteiger charge is 2.45. The highest BCUT2D eigenvalue weighted by Crippen LogP contribution is 2.36. The number of carbonyl (C=O) groups excluding carboxylic acids is 2. The Labute approximate surface area is 175 Å². The van der Waals surface area contributed by atoms with Crippen LogP contribution in [0.1, 0.15) is 49.4 Å². The number of amides is 1. The van der Waals surface area contributed by atoms with Gasteiger partial charge in [0.1, 0.15) is 11.3 Å². The van der Waals surface area contributed by atoms with Gasteiger partial charge in [0, 0.05) is 49.6 Å². The van der Waals surface area contributed by atoms with Crippen molar-refractivity contribution < 1.29 is 14.3 Å². The first kappa shape index (κ1) is 20.1. The zero-order chi connectivity index (χ0) is 21.1. The topological polar surface area (TPSA) is 111 Å². The van der Waals surface area contributed by atoms with Gasteiger partial charge in [-0.1, -0.05) is 13.3 Å². The summed E-state index contributed by atoms with van der Waals surface area (Å²) < 4.78 is 6.16. The fourth-order valence-electron chi connectivity index (χ4n) is 4.04. The Hall–Kier alpha value is -3.16. The van der Waals surface area contributed by atoms with E-state index in [-0.39, 0.29) is 23.8 Å². The lowest BCUT2D eigenvalue weighted by Crippen LogP contribution is -2.52. The smallest absolute Gasteiger partial charge is 0.253 e. The molecule has 4 rings (SSSR count). The monoisotopic (exact) mass is 409 g/mol. The highest BCUT2D eigenvalue weighted by atomic mass is 16.5. The van der Waals surface area contributed by atoms with Crippen LogP contribution in [0.15, 0.2) is 36.4 Å². The van der Waals surface area contributed by atoms with Crippen molar-refractivity contribution in [2.75, 3.05) is 19.6 Å². The zero-order valence-electron chi connectivity index (χ0n) is 17.2. The maximum atomic E-state index is 13.0. The molecule has 0 radical (unpaired) electrons. The first-order chi connectivity index (χ1) is 14.5. The van der Waals surface area contributed by atoms with Crippen LogP contribution in [0.5, 0.6) is 0 Å². The van der Waals surface area contributed by atoms with E-state index in [2.05, 4.69) is 22.4 Å². The van der Waals surface area contributed by atoms with Crippen LogP contribution in [0.2, 0.25) is 0 Å². The lowest BCUT2D eigenvalue weighted by atomic mass is 9.82. The van der Waals surface area contributed by atoms with E-state index in [9.17, 15) is 9.59 Å². The summed E-state index contributed by atoms with van der Waals surface area (Å²) in [6, 6.07) is 5.51. The van der Waals surface area contributed by atoms with Crippen LogP contribution in [-0.4, -0.2) is 57.7 Å². The molecule has 3 N–H and O–H groups in total. The van der Waals surface area contributed by atoms with Crippen molar-refractivity contribution in [2.24, 2.45) is 0 Å². The molecule has 0 aliphatic carbocycles. The summed E-state index contributed by atoms with van der Waals surface area (Å²) in [5, 5.41) is 19.0. The molecule has 1 aromatic heterocycles. The second kappa shape index (κ2) is 8.30. The molecule has 158 valence electrons. The fourth-order valence-corrected chi connectivity index (χ4v) is 4.04. The maximum absolute atomic E-state index is 13.0. The second-order valence-corrected chi connectivity index (χ2v) is 8.04. The lowest BCUT2D eigenvalue weighted by Gasteiger charge is -2.44. The van der Waals surface area contributed by atoms with Gasteiger partial charge < -0.3 is 15.0 Å². The minimum Gasteiger partial charge on any atom is -0.483 e. The molecule has 8 heteroatoms. The Bertz CT molecular complexity index is 1000. The van der Waals surface area contributed by atoms with Crippen LogP contribution in [-0.2, 0) is 9.53 Å². The van der Waals surface area contributed by atoms with Crippen molar-refractivity contribution in [3.8, 4) is 0 Å². The number of nitrogens with one attached hydrogen (secondary N) is 3. The predicted molar refractivity (Wildman–Crippen MR) is 113 cm³/mol. The quantitative estimate of drug-likeness (QED) is 0.658. The van der Waals surface area contributed by atoms with Crippen LogP contribution in [0.25, 0.3) is 10.9 Å². The molecule has 2 aromatic rings. The number of H-pyrrole nitrogens is 1. The molecule has 0 atom stereocenters. The molecule has 2 aliphatic rings. The summed E-state index contributed by atoms with van der Waals surface area (Å²) in [6.07, 6.45) is 6.76. The average molecular weight is 409 g/mol. The number of ether oxygens (including phenoxy) is 1. The number of piperidine rings is 1. The molecule has 3 heterocycles. The fraction of sp³-hybridized carbons (Fsp3) is 0.455. The van der Waals surface area contributed by atoms with Gasteiger partial charge in [-0.05, 0) is 24.6 Å².